The molecule has 1 aromatic rings. The second-order valence-corrected chi connectivity index (χ2v) is 3.85. The number of ether oxygens (including phenoxy) is 2. The van der Waals surface area contributed by atoms with Crippen LogP contribution in [0.25, 0.3) is 0 Å². The molecule has 112 valence electrons. The van der Waals surface area contributed by atoms with E-state index in [1.165, 1.54) is 0 Å². The Balaban J connectivity index is 0.00000172. The number of esters is 2. The molecule has 0 saturated heterocycles. The monoisotopic (exact) mass is 280 g/mol. The van der Waals surface area contributed by atoms with E-state index in [4.69, 9.17) is 9.47 Å². The van der Waals surface area contributed by atoms with E-state index >= 15 is 0 Å². The number of benzene rings is 1. The number of carbonyl (C=O) groups is 2. The maximum atomic E-state index is 11.8. The van der Waals surface area contributed by atoms with Gasteiger partial charge in [-0.15, -0.1) is 0 Å². The van der Waals surface area contributed by atoms with Crippen LogP contribution in [0.3, 0.4) is 0 Å². The van der Waals surface area contributed by atoms with Crippen molar-refractivity contribution in [2.45, 2.75) is 40.5 Å². The van der Waals surface area contributed by atoms with Crippen LogP contribution in [0.2, 0.25) is 0 Å². The number of carbonyl (C=O) groups excluding carboxylic acids is 2. The van der Waals surface area contributed by atoms with Crippen LogP contribution in [-0.2, 0) is 19.1 Å². The van der Waals surface area contributed by atoms with Crippen molar-refractivity contribution in [2.75, 3.05) is 13.2 Å². The van der Waals surface area contributed by atoms with Crippen LogP contribution >= 0.6 is 0 Å². The fourth-order valence-electron chi connectivity index (χ4n) is 1.58. The van der Waals surface area contributed by atoms with Crippen molar-refractivity contribution in [2.24, 2.45) is 0 Å². The van der Waals surface area contributed by atoms with Gasteiger partial charge in [0.05, 0.1) is 13.2 Å². The van der Waals surface area contributed by atoms with Gasteiger partial charge >= 0.3 is 11.9 Å². The minimum atomic E-state index is -0.995. The van der Waals surface area contributed by atoms with Gasteiger partial charge in [-0.05, 0) is 26.3 Å². The first-order valence-corrected chi connectivity index (χ1v) is 7.00. The van der Waals surface area contributed by atoms with Crippen LogP contribution in [0, 0.1) is 6.92 Å². The van der Waals surface area contributed by atoms with E-state index in [0.717, 1.165) is 5.56 Å². The summed E-state index contributed by atoms with van der Waals surface area (Å²) in [5.41, 5.74) is 1.66. The topological polar surface area (TPSA) is 52.6 Å². The minimum Gasteiger partial charge on any atom is -0.465 e. The minimum absolute atomic E-state index is 0.237. The molecule has 4 heteroatoms. The molecule has 20 heavy (non-hydrogen) atoms. The Kier molecular flexibility index (Phi) is 9.09. The smallest absolute Gasteiger partial charge is 0.324 e. The third kappa shape index (κ3) is 5.43. The number of hydrogen-bond donors (Lipinski definition) is 0. The van der Waals surface area contributed by atoms with Gasteiger partial charge < -0.3 is 9.47 Å². The Bertz CT molecular complexity index is 391. The van der Waals surface area contributed by atoms with Crippen LogP contribution in [0.5, 0.6) is 0 Å². The molecule has 0 N–H and O–H groups in total. The van der Waals surface area contributed by atoms with Crippen molar-refractivity contribution in [1.82, 2.24) is 0 Å². The zero-order chi connectivity index (χ0) is 15.5. The quantitative estimate of drug-likeness (QED) is 0.614. The maximum absolute atomic E-state index is 11.8. The molecule has 1 rings (SSSR count). The van der Waals surface area contributed by atoms with Crippen molar-refractivity contribution in [3.05, 3.63) is 35.4 Å². The highest BCUT2D eigenvalue weighted by atomic mass is 16.6. The Hall–Kier alpha value is -1.84. The third-order valence-corrected chi connectivity index (χ3v) is 2.46. The van der Waals surface area contributed by atoms with Crippen molar-refractivity contribution in [3.8, 4) is 0 Å². The van der Waals surface area contributed by atoms with Crippen LogP contribution in [0.15, 0.2) is 24.3 Å². The second-order valence-electron chi connectivity index (χ2n) is 3.85. The molecule has 0 radical (unpaired) electrons. The van der Waals surface area contributed by atoms with Crippen LogP contribution in [0.1, 0.15) is 44.7 Å². The summed E-state index contributed by atoms with van der Waals surface area (Å²) >= 11 is 0. The fourth-order valence-corrected chi connectivity index (χ4v) is 1.58. The summed E-state index contributed by atoms with van der Waals surface area (Å²) in [7, 11) is 0. The summed E-state index contributed by atoms with van der Waals surface area (Å²) in [5, 5.41) is 0. The summed E-state index contributed by atoms with van der Waals surface area (Å²) in [6.07, 6.45) is 0. The molecule has 0 aromatic heterocycles. The second kappa shape index (κ2) is 10.0. The normalized spacial score (nSPS) is 9.50. The van der Waals surface area contributed by atoms with Crippen molar-refractivity contribution < 1.29 is 19.1 Å². The van der Waals surface area contributed by atoms with E-state index in [9.17, 15) is 9.59 Å². The zero-order valence-corrected chi connectivity index (χ0v) is 12.9. The molecular formula is C16H24O4. The molecule has 0 atom stereocenters. The highest BCUT2D eigenvalue weighted by molar-refractivity contribution is 6.00. The SMILES string of the molecule is CC.CCOC(=O)C(C(=O)OCC)c1ccc(C)cc1. The number of hydrogen-bond acceptors (Lipinski definition) is 4. The first-order chi connectivity index (χ1) is 9.60. The van der Waals surface area contributed by atoms with Gasteiger partial charge in [0, 0.05) is 0 Å². The molecule has 0 aliphatic rings. The van der Waals surface area contributed by atoms with E-state index in [1.54, 1.807) is 26.0 Å². The summed E-state index contributed by atoms with van der Waals surface area (Å²) < 4.78 is 9.83. The van der Waals surface area contributed by atoms with E-state index in [2.05, 4.69) is 0 Å². The van der Waals surface area contributed by atoms with E-state index in [1.807, 2.05) is 32.9 Å². The van der Waals surface area contributed by atoms with Crippen molar-refractivity contribution >= 4 is 11.9 Å². The maximum Gasteiger partial charge on any atom is 0.324 e. The summed E-state index contributed by atoms with van der Waals surface area (Å²) in [5.74, 6) is -2.13. The average molecular weight is 280 g/mol. The summed E-state index contributed by atoms with van der Waals surface area (Å²) in [4.78, 5) is 23.6. The lowest BCUT2D eigenvalue weighted by Crippen LogP contribution is -2.26. The van der Waals surface area contributed by atoms with Gasteiger partial charge in [0.2, 0.25) is 0 Å². The van der Waals surface area contributed by atoms with E-state index in [-0.39, 0.29) is 13.2 Å². The highest BCUT2D eigenvalue weighted by Crippen LogP contribution is 2.20. The molecular weight excluding hydrogens is 256 g/mol. The first kappa shape index (κ1) is 18.2. The average Bonchev–Trinajstić information content (AvgIpc) is 2.44. The zero-order valence-electron chi connectivity index (χ0n) is 12.9. The standard InChI is InChI=1S/C14H18O4.C2H6/c1-4-17-13(15)12(14(16)18-5-2)11-8-6-10(3)7-9-11;1-2/h6-9,12H,4-5H2,1-3H3;1-2H3. The van der Waals surface area contributed by atoms with Gasteiger partial charge in [0.15, 0.2) is 5.92 Å². The fraction of sp³-hybridized carbons (Fsp3) is 0.500. The van der Waals surface area contributed by atoms with Crippen molar-refractivity contribution in [1.29, 1.82) is 0 Å². The van der Waals surface area contributed by atoms with Gasteiger partial charge in [-0.25, -0.2) is 0 Å². The lowest BCUT2D eigenvalue weighted by Gasteiger charge is -2.14. The number of aryl methyl sites for hydroxylation is 1. The lowest BCUT2D eigenvalue weighted by molar-refractivity contribution is -0.156. The van der Waals surface area contributed by atoms with Gasteiger partial charge in [-0.3, -0.25) is 9.59 Å². The number of rotatable bonds is 5. The molecule has 0 aliphatic heterocycles. The predicted molar refractivity (Wildman–Crippen MR) is 78.5 cm³/mol. The Morgan fingerprint density at radius 2 is 1.35 bits per heavy atom. The molecule has 0 amide bonds. The van der Waals surface area contributed by atoms with Crippen LogP contribution in [-0.4, -0.2) is 25.2 Å². The van der Waals surface area contributed by atoms with E-state index < -0.39 is 17.9 Å². The molecule has 0 saturated carbocycles. The molecule has 0 bridgehead atoms. The molecule has 0 heterocycles. The van der Waals surface area contributed by atoms with Gasteiger partial charge in [0.25, 0.3) is 0 Å². The molecule has 0 fully saturated rings. The Labute approximate surface area is 121 Å². The summed E-state index contributed by atoms with van der Waals surface area (Å²) in [6, 6.07) is 7.18. The lowest BCUT2D eigenvalue weighted by atomic mass is 9.98. The Morgan fingerprint density at radius 1 is 0.950 bits per heavy atom. The van der Waals surface area contributed by atoms with E-state index in [0.29, 0.717) is 5.56 Å². The molecule has 1 aromatic carbocycles. The van der Waals surface area contributed by atoms with Crippen molar-refractivity contribution in [3.63, 3.8) is 0 Å². The summed E-state index contributed by atoms with van der Waals surface area (Å²) in [6.45, 7) is 9.82. The molecule has 0 aliphatic carbocycles. The van der Waals surface area contributed by atoms with Crippen LogP contribution < -0.4 is 0 Å². The van der Waals surface area contributed by atoms with Gasteiger partial charge in [-0.1, -0.05) is 43.7 Å². The third-order valence-electron chi connectivity index (χ3n) is 2.46. The highest BCUT2D eigenvalue weighted by Gasteiger charge is 2.31. The van der Waals surface area contributed by atoms with Gasteiger partial charge in [-0.2, -0.15) is 0 Å². The molecule has 0 spiro atoms. The Morgan fingerprint density at radius 3 is 1.70 bits per heavy atom. The first-order valence-electron chi connectivity index (χ1n) is 7.00. The molecule has 4 nitrogen and oxygen atoms in total. The predicted octanol–water partition coefficient (Wildman–Crippen LogP) is 3.23. The largest absolute Gasteiger partial charge is 0.465 e. The van der Waals surface area contributed by atoms with Crippen LogP contribution in [0.4, 0.5) is 0 Å². The molecule has 0 unspecified atom stereocenters. The van der Waals surface area contributed by atoms with Gasteiger partial charge in [0.1, 0.15) is 0 Å².